The summed E-state index contributed by atoms with van der Waals surface area (Å²) < 4.78 is 5.24. The van der Waals surface area contributed by atoms with E-state index in [1.165, 1.54) is 6.42 Å². The summed E-state index contributed by atoms with van der Waals surface area (Å²) in [6, 6.07) is 7.32. The van der Waals surface area contributed by atoms with Gasteiger partial charge in [0.25, 0.3) is 11.8 Å². The third-order valence-electron chi connectivity index (χ3n) is 4.40. The molecule has 1 atom stereocenters. The van der Waals surface area contributed by atoms with Gasteiger partial charge in [0, 0.05) is 13.1 Å². The lowest BCUT2D eigenvalue weighted by Gasteiger charge is -2.28. The summed E-state index contributed by atoms with van der Waals surface area (Å²) in [4.78, 5) is 27.6. The van der Waals surface area contributed by atoms with Crippen LogP contribution in [0.25, 0.3) is 0 Å². The molecule has 6 heteroatoms. The molecule has 0 saturated carbocycles. The van der Waals surface area contributed by atoms with Crippen LogP contribution in [-0.4, -0.2) is 56.5 Å². The minimum Gasteiger partial charge on any atom is -0.495 e. The quantitative estimate of drug-likeness (QED) is 0.765. The molecule has 1 aromatic carbocycles. The number of piperidine rings is 1. The van der Waals surface area contributed by atoms with Crippen molar-refractivity contribution in [3.8, 4) is 5.75 Å². The highest BCUT2D eigenvalue weighted by atomic mass is 16.5. The van der Waals surface area contributed by atoms with Crippen molar-refractivity contribution in [3.63, 3.8) is 0 Å². The number of likely N-dealkylation sites (N-methyl/N-ethyl adjacent to an activating group) is 1. The normalized spacial score (nSPS) is 15.7. The number of anilines is 1. The van der Waals surface area contributed by atoms with E-state index in [2.05, 4.69) is 5.32 Å². The molecule has 1 aromatic rings. The average Bonchev–Trinajstić information content (AvgIpc) is 2.62. The number of carbonyl (C=O) groups excluding carboxylic acids is 2. The van der Waals surface area contributed by atoms with Crippen molar-refractivity contribution in [2.75, 3.05) is 45.2 Å². The Morgan fingerprint density at radius 1 is 1.17 bits per heavy atom. The molecule has 0 aliphatic carbocycles. The second kappa shape index (κ2) is 9.27. The predicted molar refractivity (Wildman–Crippen MR) is 93.3 cm³/mol. The molecule has 0 spiro atoms. The highest BCUT2D eigenvalue weighted by Crippen LogP contribution is 2.22. The van der Waals surface area contributed by atoms with Crippen LogP contribution in [-0.2, 0) is 9.59 Å². The molecule has 2 N–H and O–H groups in total. The average molecular weight is 334 g/mol. The van der Waals surface area contributed by atoms with E-state index in [-0.39, 0.29) is 18.4 Å². The Balaban J connectivity index is 1.87. The van der Waals surface area contributed by atoms with E-state index in [9.17, 15) is 9.59 Å². The number of carbonyl (C=O) groups is 2. The lowest BCUT2D eigenvalue weighted by molar-refractivity contribution is -0.882. The Morgan fingerprint density at radius 3 is 2.54 bits per heavy atom. The minimum absolute atomic E-state index is 0.109. The molecule has 6 nitrogen and oxygen atoms in total. The monoisotopic (exact) mass is 334 g/mol. The van der Waals surface area contributed by atoms with Gasteiger partial charge >= 0.3 is 0 Å². The topological polar surface area (TPSA) is 63.1 Å². The zero-order valence-corrected chi connectivity index (χ0v) is 14.6. The van der Waals surface area contributed by atoms with Crippen LogP contribution in [0.1, 0.15) is 26.2 Å². The minimum atomic E-state index is -0.109. The number of rotatable bonds is 7. The number of methoxy groups -OCH3 is 1. The molecular formula is C18H28N3O3+. The molecular weight excluding hydrogens is 306 g/mol. The van der Waals surface area contributed by atoms with E-state index in [0.717, 1.165) is 37.4 Å². The van der Waals surface area contributed by atoms with Crippen LogP contribution in [0, 0.1) is 0 Å². The number of amides is 2. The fourth-order valence-electron chi connectivity index (χ4n) is 2.95. The second-order valence-corrected chi connectivity index (χ2v) is 6.15. The maximum absolute atomic E-state index is 12.4. The standard InChI is InChI=1S/C18H27N3O3/c1-3-20(14-18(23)21-11-7-4-8-12-21)13-17(22)19-15-9-5-6-10-16(15)24-2/h5-6,9-10H,3-4,7-8,11-14H2,1-2H3,(H,19,22)/p+1. The second-order valence-electron chi connectivity index (χ2n) is 6.15. The fourth-order valence-corrected chi connectivity index (χ4v) is 2.95. The van der Waals surface area contributed by atoms with Crippen molar-refractivity contribution in [2.24, 2.45) is 0 Å². The first kappa shape index (κ1) is 18.3. The van der Waals surface area contributed by atoms with Gasteiger partial charge in [0.2, 0.25) is 0 Å². The van der Waals surface area contributed by atoms with Crippen LogP contribution in [0.4, 0.5) is 5.69 Å². The van der Waals surface area contributed by atoms with Crippen molar-refractivity contribution < 1.29 is 19.2 Å². The summed E-state index contributed by atoms with van der Waals surface area (Å²) in [5.74, 6) is 0.674. The van der Waals surface area contributed by atoms with Crippen LogP contribution < -0.4 is 15.0 Å². The van der Waals surface area contributed by atoms with Crippen molar-refractivity contribution in [2.45, 2.75) is 26.2 Å². The first-order chi connectivity index (χ1) is 11.6. The van der Waals surface area contributed by atoms with E-state index < -0.39 is 0 Å². The molecule has 0 bridgehead atoms. The summed E-state index contributed by atoms with van der Waals surface area (Å²) >= 11 is 0. The number of benzene rings is 1. The molecule has 1 saturated heterocycles. The van der Waals surface area contributed by atoms with Gasteiger partial charge in [-0.05, 0) is 38.3 Å². The van der Waals surface area contributed by atoms with Crippen molar-refractivity contribution in [3.05, 3.63) is 24.3 Å². The van der Waals surface area contributed by atoms with Crippen LogP contribution in [0.5, 0.6) is 5.75 Å². The maximum atomic E-state index is 12.4. The Bertz CT molecular complexity index is 556. The molecule has 0 radical (unpaired) electrons. The molecule has 24 heavy (non-hydrogen) atoms. The molecule has 1 fully saturated rings. The van der Waals surface area contributed by atoms with Gasteiger partial charge in [-0.3, -0.25) is 9.59 Å². The first-order valence-corrected chi connectivity index (χ1v) is 8.68. The van der Waals surface area contributed by atoms with Gasteiger partial charge in [-0.2, -0.15) is 0 Å². The smallest absolute Gasteiger partial charge is 0.279 e. The number of nitrogens with zero attached hydrogens (tertiary/aromatic N) is 1. The van der Waals surface area contributed by atoms with Gasteiger partial charge in [-0.25, -0.2) is 0 Å². The Hall–Kier alpha value is -2.08. The summed E-state index contributed by atoms with van der Waals surface area (Å²) in [6.07, 6.45) is 3.37. The van der Waals surface area contributed by atoms with Crippen molar-refractivity contribution >= 4 is 17.5 Å². The molecule has 1 unspecified atom stereocenters. The Labute approximate surface area is 143 Å². The third-order valence-corrected chi connectivity index (χ3v) is 4.40. The summed E-state index contributed by atoms with van der Waals surface area (Å²) in [7, 11) is 1.58. The number of quaternary nitrogens is 1. The number of hydrogen-bond acceptors (Lipinski definition) is 3. The Kier molecular flexibility index (Phi) is 7.06. The molecule has 1 aliphatic rings. The van der Waals surface area contributed by atoms with Crippen LogP contribution in [0.15, 0.2) is 24.3 Å². The highest BCUT2D eigenvalue weighted by molar-refractivity contribution is 5.93. The van der Waals surface area contributed by atoms with E-state index in [1.54, 1.807) is 19.2 Å². The summed E-state index contributed by atoms with van der Waals surface area (Å²) in [6.45, 7) is 5.07. The third kappa shape index (κ3) is 5.23. The van der Waals surface area contributed by atoms with E-state index in [1.807, 2.05) is 24.0 Å². The summed E-state index contributed by atoms with van der Waals surface area (Å²) in [5, 5.41) is 2.87. The van der Waals surface area contributed by atoms with E-state index in [4.69, 9.17) is 4.74 Å². The van der Waals surface area contributed by atoms with Gasteiger partial charge in [-0.1, -0.05) is 12.1 Å². The van der Waals surface area contributed by atoms with Gasteiger partial charge < -0.3 is 19.9 Å². The van der Waals surface area contributed by atoms with Crippen LogP contribution in [0.3, 0.4) is 0 Å². The lowest BCUT2D eigenvalue weighted by Crippen LogP contribution is -3.14. The number of nitrogens with one attached hydrogen (secondary N) is 2. The van der Waals surface area contributed by atoms with E-state index >= 15 is 0 Å². The number of ether oxygens (including phenoxy) is 1. The van der Waals surface area contributed by atoms with Crippen LogP contribution >= 0.6 is 0 Å². The maximum Gasteiger partial charge on any atom is 0.279 e. The lowest BCUT2D eigenvalue weighted by atomic mass is 10.1. The van der Waals surface area contributed by atoms with Gasteiger partial charge in [0.1, 0.15) is 5.75 Å². The number of likely N-dealkylation sites (tertiary alicyclic amines) is 1. The molecule has 1 aliphatic heterocycles. The van der Waals surface area contributed by atoms with E-state index in [0.29, 0.717) is 18.0 Å². The van der Waals surface area contributed by atoms with Gasteiger partial charge in [0.05, 0.1) is 19.3 Å². The van der Waals surface area contributed by atoms with Gasteiger partial charge in [-0.15, -0.1) is 0 Å². The zero-order valence-electron chi connectivity index (χ0n) is 14.6. The first-order valence-electron chi connectivity index (χ1n) is 8.68. The molecule has 1 heterocycles. The predicted octanol–water partition coefficient (Wildman–Crippen LogP) is 0.551. The fraction of sp³-hybridized carbons (Fsp3) is 0.556. The summed E-state index contributed by atoms with van der Waals surface area (Å²) in [5.41, 5.74) is 0.655. The SMILES string of the molecule is CC[NH+](CC(=O)Nc1ccccc1OC)CC(=O)N1CCCCC1. The zero-order chi connectivity index (χ0) is 17.4. The highest BCUT2D eigenvalue weighted by Gasteiger charge is 2.22. The van der Waals surface area contributed by atoms with Crippen LogP contribution in [0.2, 0.25) is 0 Å². The Morgan fingerprint density at radius 2 is 1.88 bits per heavy atom. The van der Waals surface area contributed by atoms with Gasteiger partial charge in [0.15, 0.2) is 13.1 Å². The van der Waals surface area contributed by atoms with Crippen molar-refractivity contribution in [1.29, 1.82) is 0 Å². The molecule has 0 aromatic heterocycles. The molecule has 2 amide bonds. The largest absolute Gasteiger partial charge is 0.495 e. The van der Waals surface area contributed by atoms with Crippen molar-refractivity contribution in [1.82, 2.24) is 4.90 Å². The molecule has 2 rings (SSSR count). The molecule has 132 valence electrons. The number of para-hydroxylation sites is 2. The number of hydrogen-bond donors (Lipinski definition) is 2.